The lowest BCUT2D eigenvalue weighted by Gasteiger charge is -2.12. The number of hydrogen-bond donors (Lipinski definition) is 0. The van der Waals surface area contributed by atoms with Crippen molar-refractivity contribution in [3.8, 4) is 17.2 Å². The van der Waals surface area contributed by atoms with Gasteiger partial charge in [-0.1, -0.05) is 39.7 Å². The largest absolute Gasteiger partial charge is 0.497 e. The predicted molar refractivity (Wildman–Crippen MR) is 83.8 cm³/mol. The zero-order valence-corrected chi connectivity index (χ0v) is 13.3. The van der Waals surface area contributed by atoms with Gasteiger partial charge in [-0.2, -0.15) is 0 Å². The van der Waals surface area contributed by atoms with Gasteiger partial charge in [0.2, 0.25) is 5.75 Å². The number of rotatable bonds is 5. The van der Waals surface area contributed by atoms with Gasteiger partial charge >= 0.3 is 5.69 Å². The van der Waals surface area contributed by atoms with E-state index < -0.39 is 4.92 Å². The van der Waals surface area contributed by atoms with Gasteiger partial charge in [0, 0.05) is 23.0 Å². The van der Waals surface area contributed by atoms with Crippen molar-refractivity contribution >= 4 is 33.2 Å². The molecule has 0 saturated carbocycles. The quantitative estimate of drug-likeness (QED) is 0.423. The predicted octanol–water partition coefficient (Wildman–Crippen LogP) is 4.94. The van der Waals surface area contributed by atoms with E-state index in [1.807, 2.05) is 6.07 Å². The van der Waals surface area contributed by atoms with Crippen LogP contribution < -0.4 is 9.47 Å². The fraction of sp³-hybridized carbons (Fsp3) is 0.143. The average molecular weight is 373 g/mol. The molecule has 5 nitrogen and oxygen atoms in total. The van der Waals surface area contributed by atoms with Crippen LogP contribution in [0.5, 0.6) is 17.2 Å². The molecule has 0 aromatic heterocycles. The number of benzene rings is 2. The molecule has 2 aromatic rings. The first kappa shape index (κ1) is 15.6. The number of nitrogens with zero attached hydrogens (tertiary/aromatic N) is 1. The summed E-state index contributed by atoms with van der Waals surface area (Å²) in [4.78, 5) is 10.6. The van der Waals surface area contributed by atoms with Crippen molar-refractivity contribution in [2.24, 2.45) is 0 Å². The van der Waals surface area contributed by atoms with Crippen LogP contribution in [0.3, 0.4) is 0 Å². The van der Waals surface area contributed by atoms with Crippen molar-refractivity contribution in [2.75, 3.05) is 7.11 Å². The number of hydrogen-bond acceptors (Lipinski definition) is 4. The van der Waals surface area contributed by atoms with Gasteiger partial charge in [-0.05, 0) is 12.1 Å². The molecule has 0 unspecified atom stereocenters. The SMILES string of the molecule is COc1ccc([N+](=O)[O-])c(Oc2c(Cl)cccc2CBr)c1. The standard InChI is InChI=1S/C14H11BrClNO4/c1-20-10-5-6-12(17(18)19)13(7-10)21-14-9(8-15)3-2-4-11(14)16/h2-7H,8H2,1H3. The van der Waals surface area contributed by atoms with E-state index in [1.165, 1.54) is 25.3 Å². The smallest absolute Gasteiger partial charge is 0.311 e. The van der Waals surface area contributed by atoms with Gasteiger partial charge in [-0.25, -0.2) is 0 Å². The Kier molecular flexibility index (Phi) is 5.03. The summed E-state index contributed by atoms with van der Waals surface area (Å²) in [6, 6.07) is 9.56. The normalized spacial score (nSPS) is 10.2. The molecule has 21 heavy (non-hydrogen) atoms. The molecule has 110 valence electrons. The number of para-hydroxylation sites is 1. The zero-order valence-electron chi connectivity index (χ0n) is 11.0. The summed E-state index contributed by atoms with van der Waals surface area (Å²) in [6.45, 7) is 0. The Hall–Kier alpha value is -1.79. The number of nitro benzene ring substituents is 1. The second-order valence-corrected chi connectivity index (χ2v) is 5.02. The zero-order chi connectivity index (χ0) is 15.4. The molecule has 0 aliphatic carbocycles. The highest BCUT2D eigenvalue weighted by molar-refractivity contribution is 9.08. The van der Waals surface area contributed by atoms with E-state index in [0.29, 0.717) is 21.9 Å². The van der Waals surface area contributed by atoms with Gasteiger partial charge in [-0.15, -0.1) is 0 Å². The van der Waals surface area contributed by atoms with Crippen molar-refractivity contribution < 1.29 is 14.4 Å². The summed E-state index contributed by atoms with van der Waals surface area (Å²) in [7, 11) is 1.48. The molecule has 0 amide bonds. The molecule has 0 radical (unpaired) electrons. The molecule has 7 heteroatoms. The molecule has 0 fully saturated rings. The lowest BCUT2D eigenvalue weighted by atomic mass is 10.2. The highest BCUT2D eigenvalue weighted by Gasteiger charge is 2.19. The van der Waals surface area contributed by atoms with Crippen LogP contribution in [-0.4, -0.2) is 12.0 Å². The summed E-state index contributed by atoms with van der Waals surface area (Å²) in [6.07, 6.45) is 0. The van der Waals surface area contributed by atoms with Crippen molar-refractivity contribution in [3.63, 3.8) is 0 Å². The summed E-state index contributed by atoms with van der Waals surface area (Å²) >= 11 is 9.45. The van der Waals surface area contributed by atoms with Gasteiger partial charge in [-0.3, -0.25) is 10.1 Å². The fourth-order valence-electron chi connectivity index (χ4n) is 1.74. The van der Waals surface area contributed by atoms with Crippen LogP contribution in [0.15, 0.2) is 36.4 Å². The maximum atomic E-state index is 11.1. The third-order valence-corrected chi connectivity index (χ3v) is 3.67. The van der Waals surface area contributed by atoms with Crippen molar-refractivity contribution in [3.05, 3.63) is 57.1 Å². The van der Waals surface area contributed by atoms with E-state index in [0.717, 1.165) is 5.56 Å². The molecular weight excluding hydrogens is 362 g/mol. The van der Waals surface area contributed by atoms with Crippen LogP contribution in [0.1, 0.15) is 5.56 Å². The highest BCUT2D eigenvalue weighted by atomic mass is 79.9. The molecule has 0 bridgehead atoms. The highest BCUT2D eigenvalue weighted by Crippen LogP contribution is 2.39. The van der Waals surface area contributed by atoms with Crippen LogP contribution in [-0.2, 0) is 5.33 Å². The third kappa shape index (κ3) is 3.46. The summed E-state index contributed by atoms with van der Waals surface area (Å²) in [5.41, 5.74) is 0.635. The van der Waals surface area contributed by atoms with E-state index >= 15 is 0 Å². The van der Waals surface area contributed by atoms with Crippen LogP contribution in [0.4, 0.5) is 5.69 Å². The molecule has 0 atom stereocenters. The van der Waals surface area contributed by atoms with Gasteiger partial charge in [0.1, 0.15) is 11.5 Å². The molecular formula is C14H11BrClNO4. The Balaban J connectivity index is 2.50. The first-order valence-electron chi connectivity index (χ1n) is 5.90. The van der Waals surface area contributed by atoms with Crippen LogP contribution in [0.25, 0.3) is 0 Å². The van der Waals surface area contributed by atoms with Crippen molar-refractivity contribution in [2.45, 2.75) is 5.33 Å². The summed E-state index contributed by atoms with van der Waals surface area (Å²) in [5.74, 6) is 0.921. The monoisotopic (exact) mass is 371 g/mol. The summed E-state index contributed by atoms with van der Waals surface area (Å²) < 4.78 is 10.8. The topological polar surface area (TPSA) is 61.6 Å². The average Bonchev–Trinajstić information content (AvgIpc) is 2.48. The van der Waals surface area contributed by atoms with E-state index in [-0.39, 0.29) is 11.4 Å². The molecule has 0 N–H and O–H groups in total. The Morgan fingerprint density at radius 1 is 1.33 bits per heavy atom. The Labute approximate surface area is 134 Å². The molecule has 0 saturated heterocycles. The fourth-order valence-corrected chi connectivity index (χ4v) is 2.41. The molecule has 0 aliphatic heterocycles. The van der Waals surface area contributed by atoms with Crippen LogP contribution in [0, 0.1) is 10.1 Å². The first-order valence-corrected chi connectivity index (χ1v) is 7.40. The maximum absolute atomic E-state index is 11.1. The Morgan fingerprint density at radius 2 is 2.10 bits per heavy atom. The van der Waals surface area contributed by atoms with Crippen LogP contribution >= 0.6 is 27.5 Å². The molecule has 2 rings (SSSR count). The third-order valence-electron chi connectivity index (χ3n) is 2.77. The number of methoxy groups -OCH3 is 1. The van der Waals surface area contributed by atoms with Gasteiger partial charge in [0.15, 0.2) is 0 Å². The van der Waals surface area contributed by atoms with Gasteiger partial charge in [0.05, 0.1) is 17.1 Å². The molecule has 2 aromatic carbocycles. The number of ether oxygens (including phenoxy) is 2. The Morgan fingerprint density at radius 3 is 2.71 bits per heavy atom. The minimum absolute atomic E-state index is 0.0784. The van der Waals surface area contributed by atoms with Crippen molar-refractivity contribution in [1.29, 1.82) is 0 Å². The van der Waals surface area contributed by atoms with Gasteiger partial charge < -0.3 is 9.47 Å². The minimum Gasteiger partial charge on any atom is -0.497 e. The van der Waals surface area contributed by atoms with E-state index in [9.17, 15) is 10.1 Å². The Bertz CT molecular complexity index is 678. The first-order chi connectivity index (χ1) is 10.1. The number of nitro groups is 1. The van der Waals surface area contributed by atoms with Gasteiger partial charge in [0.25, 0.3) is 0 Å². The van der Waals surface area contributed by atoms with E-state index in [1.54, 1.807) is 12.1 Å². The second kappa shape index (κ2) is 6.78. The van der Waals surface area contributed by atoms with Crippen LogP contribution in [0.2, 0.25) is 5.02 Å². The molecule has 0 aliphatic rings. The summed E-state index contributed by atoms with van der Waals surface area (Å²) in [5, 5.41) is 12.0. The minimum atomic E-state index is -0.514. The van der Waals surface area contributed by atoms with E-state index in [4.69, 9.17) is 21.1 Å². The molecule has 0 heterocycles. The van der Waals surface area contributed by atoms with Crippen molar-refractivity contribution in [1.82, 2.24) is 0 Å². The second-order valence-electron chi connectivity index (χ2n) is 4.05. The van der Waals surface area contributed by atoms with E-state index in [2.05, 4.69) is 15.9 Å². The number of alkyl halides is 1. The maximum Gasteiger partial charge on any atom is 0.311 e. The lowest BCUT2D eigenvalue weighted by molar-refractivity contribution is -0.385. The molecule has 0 spiro atoms. The number of halogens is 2. The lowest BCUT2D eigenvalue weighted by Crippen LogP contribution is -1.96.